The predicted molar refractivity (Wildman–Crippen MR) is 125 cm³/mol. The summed E-state index contributed by atoms with van der Waals surface area (Å²) >= 11 is 0. The van der Waals surface area contributed by atoms with Crippen LogP contribution in [0.25, 0.3) is 0 Å². The Kier molecular flexibility index (Phi) is 5.29. The van der Waals surface area contributed by atoms with Gasteiger partial charge in [-0.05, 0) is 85.7 Å². The third kappa shape index (κ3) is 3.38. The lowest BCUT2D eigenvalue weighted by Gasteiger charge is -2.61. The monoisotopic (exact) mass is 453 g/mol. The minimum absolute atomic E-state index is 0.00285. The second-order valence-electron chi connectivity index (χ2n) is 11.4. The Labute approximate surface area is 195 Å². The number of carbonyl (C=O) groups excluding carboxylic acids is 2. The molecule has 1 aromatic carbocycles. The highest BCUT2D eigenvalue weighted by Crippen LogP contribution is 2.64. The van der Waals surface area contributed by atoms with Gasteiger partial charge in [0.15, 0.2) is 0 Å². The maximum atomic E-state index is 13.0. The zero-order valence-corrected chi connectivity index (χ0v) is 19.9. The molecule has 7 atom stereocenters. The Morgan fingerprint density at radius 2 is 1.73 bits per heavy atom. The van der Waals surface area contributed by atoms with Crippen molar-refractivity contribution in [3.8, 4) is 0 Å². The molecule has 1 saturated heterocycles. The Hall–Kier alpha value is -2.44. The number of benzene rings is 1. The van der Waals surface area contributed by atoms with Gasteiger partial charge in [-0.2, -0.15) is 0 Å². The summed E-state index contributed by atoms with van der Waals surface area (Å²) in [5, 5.41) is 14.2. The number of nitro benzene ring substituents is 1. The first-order valence-electron chi connectivity index (χ1n) is 12.5. The van der Waals surface area contributed by atoms with Gasteiger partial charge >= 0.3 is 0 Å². The Bertz CT molecular complexity index is 978. The second kappa shape index (κ2) is 7.81. The average Bonchev–Trinajstić information content (AvgIpc) is 3.13. The Balaban J connectivity index is 1.32. The quantitative estimate of drug-likeness (QED) is 0.536. The average molecular weight is 454 g/mol. The van der Waals surface area contributed by atoms with Crippen molar-refractivity contribution in [1.82, 2.24) is 10.2 Å². The van der Waals surface area contributed by atoms with Crippen LogP contribution in [0.3, 0.4) is 0 Å². The number of nitrogens with one attached hydrogen (secondary N) is 1. The first-order chi connectivity index (χ1) is 15.6. The van der Waals surface area contributed by atoms with Gasteiger partial charge in [0.2, 0.25) is 5.91 Å². The summed E-state index contributed by atoms with van der Waals surface area (Å²) in [6.07, 6.45) is 8.33. The summed E-state index contributed by atoms with van der Waals surface area (Å²) in [5.41, 5.74) is 0.755. The molecule has 1 aromatic rings. The number of amides is 2. The van der Waals surface area contributed by atoms with E-state index in [1.54, 1.807) is 12.1 Å². The van der Waals surface area contributed by atoms with Gasteiger partial charge in [-0.15, -0.1) is 0 Å². The van der Waals surface area contributed by atoms with Crippen LogP contribution in [0, 0.1) is 38.7 Å². The highest BCUT2D eigenvalue weighted by Gasteiger charge is 2.61. The van der Waals surface area contributed by atoms with Crippen molar-refractivity contribution in [1.29, 1.82) is 0 Å². The fourth-order valence-corrected chi connectivity index (χ4v) is 8.36. The summed E-state index contributed by atoms with van der Waals surface area (Å²) in [4.78, 5) is 37.8. The number of non-ortho nitro benzene ring substituents is 1. The Morgan fingerprint density at radius 3 is 2.42 bits per heavy atom. The second-order valence-corrected chi connectivity index (χ2v) is 11.4. The third-order valence-corrected chi connectivity index (χ3v) is 10.2. The molecule has 1 aliphatic heterocycles. The van der Waals surface area contributed by atoms with Gasteiger partial charge in [-0.3, -0.25) is 19.7 Å². The third-order valence-electron chi connectivity index (χ3n) is 10.2. The number of nitrogens with zero attached hydrogens (tertiary/aromatic N) is 2. The molecule has 7 nitrogen and oxygen atoms in total. The van der Waals surface area contributed by atoms with Crippen LogP contribution in [0.5, 0.6) is 0 Å². The summed E-state index contributed by atoms with van der Waals surface area (Å²) in [5.74, 6) is 2.06. The van der Waals surface area contributed by atoms with Crippen molar-refractivity contribution in [2.45, 2.75) is 77.3 Å². The molecular weight excluding hydrogens is 418 g/mol. The minimum Gasteiger partial charge on any atom is -0.349 e. The molecule has 1 N–H and O–H groups in total. The number of carbonyl (C=O) groups is 2. The molecule has 0 bridgehead atoms. The van der Waals surface area contributed by atoms with Crippen molar-refractivity contribution < 1.29 is 14.5 Å². The fourth-order valence-electron chi connectivity index (χ4n) is 8.36. The molecule has 0 spiro atoms. The van der Waals surface area contributed by atoms with Crippen molar-refractivity contribution in [3.05, 3.63) is 39.9 Å². The highest BCUT2D eigenvalue weighted by molar-refractivity contribution is 5.94. The van der Waals surface area contributed by atoms with Gasteiger partial charge in [0, 0.05) is 43.2 Å². The number of piperidine rings is 1. The molecule has 1 unspecified atom stereocenters. The van der Waals surface area contributed by atoms with Crippen LogP contribution >= 0.6 is 0 Å². The first-order valence-corrected chi connectivity index (χ1v) is 12.5. The molecule has 178 valence electrons. The van der Waals surface area contributed by atoms with Crippen LogP contribution < -0.4 is 5.32 Å². The summed E-state index contributed by atoms with van der Waals surface area (Å²) in [6, 6.07) is 6.37. The number of hydrogen-bond acceptors (Lipinski definition) is 4. The molecule has 7 heteroatoms. The van der Waals surface area contributed by atoms with E-state index in [2.05, 4.69) is 19.2 Å². The largest absolute Gasteiger partial charge is 0.349 e. The summed E-state index contributed by atoms with van der Waals surface area (Å²) < 4.78 is 0. The minimum atomic E-state index is -0.446. The van der Waals surface area contributed by atoms with Crippen LogP contribution in [0.2, 0.25) is 0 Å². The van der Waals surface area contributed by atoms with Crippen LogP contribution in [0.1, 0.15) is 75.6 Å². The van der Waals surface area contributed by atoms with E-state index in [1.807, 2.05) is 11.9 Å². The zero-order chi connectivity index (χ0) is 23.5. The van der Waals surface area contributed by atoms with Gasteiger partial charge in [-0.25, -0.2) is 0 Å². The first kappa shape index (κ1) is 22.4. The number of hydrogen-bond donors (Lipinski definition) is 1. The summed E-state index contributed by atoms with van der Waals surface area (Å²) in [7, 11) is 2.00. The van der Waals surface area contributed by atoms with E-state index in [1.165, 1.54) is 18.6 Å². The molecule has 1 heterocycles. The van der Waals surface area contributed by atoms with E-state index < -0.39 is 4.92 Å². The van der Waals surface area contributed by atoms with Gasteiger partial charge in [0.25, 0.3) is 11.6 Å². The number of likely N-dealkylation sites (tertiary alicyclic amines) is 1. The molecule has 5 rings (SSSR count). The Morgan fingerprint density at radius 1 is 1.03 bits per heavy atom. The topological polar surface area (TPSA) is 92.6 Å². The van der Waals surface area contributed by atoms with Gasteiger partial charge in [-0.1, -0.05) is 13.8 Å². The van der Waals surface area contributed by atoms with E-state index in [-0.39, 0.29) is 28.5 Å². The van der Waals surface area contributed by atoms with E-state index >= 15 is 0 Å². The highest BCUT2D eigenvalue weighted by atomic mass is 16.6. The molecule has 0 aromatic heterocycles. The lowest BCUT2D eigenvalue weighted by atomic mass is 9.47. The fraction of sp³-hybridized carbons (Fsp3) is 0.692. The SMILES string of the molecule is CN1C(=O)CC[C@]2(C)[C@H]3CC[C@]4(C)C(NC(=O)c5ccc([N+](=O)[O-])cc5)CC[C@H]4[C@@H]3CC[C@@H]12. The van der Waals surface area contributed by atoms with Crippen molar-refractivity contribution in [3.63, 3.8) is 0 Å². The van der Waals surface area contributed by atoms with Crippen LogP contribution in [0.4, 0.5) is 5.69 Å². The number of nitro groups is 1. The molecule has 3 aliphatic carbocycles. The van der Waals surface area contributed by atoms with Crippen molar-refractivity contribution in [2.24, 2.45) is 28.6 Å². The standard InChI is InChI=1S/C26H35N3O4/c1-25-14-12-20-18(8-11-22-26(20,2)15-13-23(30)28(22)3)19(25)9-10-21(25)27-24(31)16-4-6-17(7-5-16)29(32)33/h4-7,18-22H,8-15H2,1-3H3,(H,27,31)/t18-,19-,20-,21?,22+,25-,26+/m0/s1. The van der Waals surface area contributed by atoms with Gasteiger partial charge in [0.05, 0.1) is 4.92 Å². The molecule has 2 amide bonds. The molecule has 33 heavy (non-hydrogen) atoms. The molecule has 3 saturated carbocycles. The summed E-state index contributed by atoms with van der Waals surface area (Å²) in [6.45, 7) is 4.80. The maximum Gasteiger partial charge on any atom is 0.269 e. The molecule has 4 aliphatic rings. The number of rotatable bonds is 3. The van der Waals surface area contributed by atoms with E-state index in [4.69, 9.17) is 0 Å². The van der Waals surface area contributed by atoms with Crippen molar-refractivity contribution >= 4 is 17.5 Å². The molecular formula is C26H35N3O4. The van der Waals surface area contributed by atoms with E-state index in [0.29, 0.717) is 41.7 Å². The smallest absolute Gasteiger partial charge is 0.269 e. The lowest BCUT2D eigenvalue weighted by Crippen LogP contribution is -2.62. The normalized spacial score (nSPS) is 39.9. The van der Waals surface area contributed by atoms with Crippen molar-refractivity contribution in [2.75, 3.05) is 7.05 Å². The van der Waals surface area contributed by atoms with Crippen LogP contribution in [0.15, 0.2) is 24.3 Å². The van der Waals surface area contributed by atoms with Crippen LogP contribution in [-0.2, 0) is 4.79 Å². The van der Waals surface area contributed by atoms with Crippen LogP contribution in [-0.4, -0.2) is 40.8 Å². The maximum absolute atomic E-state index is 13.0. The lowest BCUT2D eigenvalue weighted by molar-refractivity contribution is -0.384. The molecule has 0 radical (unpaired) electrons. The van der Waals surface area contributed by atoms with Gasteiger partial charge < -0.3 is 10.2 Å². The zero-order valence-electron chi connectivity index (χ0n) is 19.9. The molecule has 4 fully saturated rings. The number of fused-ring (bicyclic) bond motifs is 5. The van der Waals surface area contributed by atoms with Gasteiger partial charge in [0.1, 0.15) is 0 Å². The predicted octanol–water partition coefficient (Wildman–Crippen LogP) is 4.56. The van der Waals surface area contributed by atoms with E-state index in [0.717, 1.165) is 38.5 Å². The van der Waals surface area contributed by atoms with E-state index in [9.17, 15) is 19.7 Å².